The second kappa shape index (κ2) is 9.21. The highest BCUT2D eigenvalue weighted by Crippen LogP contribution is 2.46. The molecule has 3 fully saturated rings. The Balaban J connectivity index is 1.39. The minimum Gasteiger partial charge on any atom is -0.342 e. The number of hydrogen-bond acceptors (Lipinski definition) is 5. The van der Waals surface area contributed by atoms with Crippen molar-refractivity contribution in [3.8, 4) is 0 Å². The first kappa shape index (κ1) is 27.4. The molecule has 3 heterocycles. The van der Waals surface area contributed by atoms with Gasteiger partial charge in [-0.25, -0.2) is 0 Å². The molecule has 0 unspecified atom stereocenters. The van der Waals surface area contributed by atoms with E-state index in [1.807, 2.05) is 12.1 Å². The van der Waals surface area contributed by atoms with Gasteiger partial charge in [-0.3, -0.25) is 19.2 Å². The lowest BCUT2D eigenvalue weighted by atomic mass is 9.77. The Morgan fingerprint density at radius 1 is 1.18 bits per heavy atom. The molecule has 3 aliphatic heterocycles. The lowest BCUT2D eigenvalue weighted by Crippen LogP contribution is -2.59. The van der Waals surface area contributed by atoms with Crippen LogP contribution in [0, 0.1) is 17.3 Å². The first-order chi connectivity index (χ1) is 18.2. The highest BCUT2D eigenvalue weighted by molar-refractivity contribution is 6.07. The van der Waals surface area contributed by atoms with Crippen LogP contribution in [0.3, 0.4) is 0 Å². The Bertz CT molecular complexity index is 1220. The summed E-state index contributed by atoms with van der Waals surface area (Å²) in [6.07, 6.45) is -3.67. The van der Waals surface area contributed by atoms with Gasteiger partial charge < -0.3 is 26.2 Å². The summed E-state index contributed by atoms with van der Waals surface area (Å²) in [5, 5.41) is 5.56. The molecule has 5 rings (SSSR count). The van der Waals surface area contributed by atoms with Crippen molar-refractivity contribution >= 4 is 29.3 Å². The molecule has 1 aliphatic carbocycles. The molecule has 212 valence electrons. The van der Waals surface area contributed by atoms with Crippen molar-refractivity contribution < 1.29 is 32.3 Å². The Morgan fingerprint density at radius 3 is 2.49 bits per heavy atom. The molecule has 1 spiro atoms. The van der Waals surface area contributed by atoms with Gasteiger partial charge in [0.2, 0.25) is 17.7 Å². The third-order valence-corrected chi connectivity index (χ3v) is 9.20. The number of alkyl halides is 3. The predicted octanol–water partition coefficient (Wildman–Crippen LogP) is 2.11. The summed E-state index contributed by atoms with van der Waals surface area (Å²) < 4.78 is 40.2. The molecule has 5 atom stereocenters. The first-order valence-electron chi connectivity index (χ1n) is 13.3. The van der Waals surface area contributed by atoms with Crippen molar-refractivity contribution in [2.24, 2.45) is 23.0 Å². The van der Waals surface area contributed by atoms with Gasteiger partial charge in [0.05, 0.1) is 11.6 Å². The largest absolute Gasteiger partial charge is 0.471 e. The number of benzene rings is 1. The molecule has 4 aliphatic rings. The number of para-hydroxylation sites is 1. The Kier molecular flexibility index (Phi) is 6.47. The summed E-state index contributed by atoms with van der Waals surface area (Å²) in [6.45, 7) is 4.80. The summed E-state index contributed by atoms with van der Waals surface area (Å²) in [4.78, 5) is 54.7. The zero-order valence-electron chi connectivity index (χ0n) is 22.2. The number of nitrogens with zero attached hydrogens (tertiary/aromatic N) is 2. The van der Waals surface area contributed by atoms with Crippen LogP contribution in [0.5, 0.6) is 0 Å². The maximum atomic E-state index is 13.9. The van der Waals surface area contributed by atoms with E-state index < -0.39 is 53.0 Å². The van der Waals surface area contributed by atoms with Gasteiger partial charge in [-0.2, -0.15) is 13.2 Å². The van der Waals surface area contributed by atoms with Crippen molar-refractivity contribution in [3.05, 3.63) is 29.8 Å². The minimum atomic E-state index is -5.13. The number of likely N-dealkylation sites (tertiary alicyclic amines) is 2. The maximum absolute atomic E-state index is 13.9. The maximum Gasteiger partial charge on any atom is 0.471 e. The fraction of sp³-hybridized carbons (Fsp3) is 0.630. The van der Waals surface area contributed by atoms with Crippen LogP contribution in [0.25, 0.3) is 0 Å². The lowest BCUT2D eigenvalue weighted by molar-refractivity contribution is -0.187. The van der Waals surface area contributed by atoms with Gasteiger partial charge in [0, 0.05) is 25.2 Å². The zero-order chi connectivity index (χ0) is 28.5. The molecule has 4 amide bonds. The van der Waals surface area contributed by atoms with E-state index in [1.54, 1.807) is 32.9 Å². The summed E-state index contributed by atoms with van der Waals surface area (Å²) in [5.74, 6) is -3.79. The van der Waals surface area contributed by atoms with Crippen LogP contribution < -0.4 is 16.4 Å². The number of nitrogens with two attached hydrogens (primary N) is 1. The van der Waals surface area contributed by atoms with Crippen LogP contribution in [0.2, 0.25) is 0 Å². The summed E-state index contributed by atoms with van der Waals surface area (Å²) in [6, 6.07) is 4.78. The van der Waals surface area contributed by atoms with E-state index >= 15 is 0 Å². The third kappa shape index (κ3) is 4.56. The van der Waals surface area contributed by atoms with Gasteiger partial charge in [-0.1, -0.05) is 51.8 Å². The van der Waals surface area contributed by atoms with Crippen LogP contribution in [0.4, 0.5) is 18.9 Å². The second-order valence-electron chi connectivity index (χ2n) is 12.1. The van der Waals surface area contributed by atoms with Crippen LogP contribution in [0.15, 0.2) is 24.3 Å². The van der Waals surface area contributed by atoms with Crippen molar-refractivity contribution in [1.29, 1.82) is 0 Å². The molecular weight excluding hydrogens is 515 g/mol. The van der Waals surface area contributed by atoms with E-state index in [0.29, 0.717) is 17.0 Å². The minimum absolute atomic E-state index is 0.0253. The van der Waals surface area contributed by atoms with Gasteiger partial charge in [0.25, 0.3) is 0 Å². The molecule has 1 aromatic carbocycles. The molecule has 0 radical (unpaired) electrons. The van der Waals surface area contributed by atoms with Crippen LogP contribution in [-0.4, -0.2) is 70.9 Å². The molecule has 1 aromatic rings. The molecule has 0 bridgehead atoms. The summed E-state index contributed by atoms with van der Waals surface area (Å²) >= 11 is 0. The van der Waals surface area contributed by atoms with Crippen molar-refractivity contribution in [3.63, 3.8) is 0 Å². The molecule has 0 aromatic heterocycles. The molecule has 1 saturated carbocycles. The van der Waals surface area contributed by atoms with Gasteiger partial charge in [-0.05, 0) is 35.3 Å². The van der Waals surface area contributed by atoms with Crippen molar-refractivity contribution in [2.75, 3.05) is 18.4 Å². The van der Waals surface area contributed by atoms with E-state index in [1.165, 1.54) is 4.90 Å². The summed E-state index contributed by atoms with van der Waals surface area (Å²) in [7, 11) is 0. The predicted molar refractivity (Wildman–Crippen MR) is 135 cm³/mol. The Morgan fingerprint density at radius 2 is 1.85 bits per heavy atom. The topological polar surface area (TPSA) is 125 Å². The molecule has 12 heteroatoms. The number of carbonyl (C=O) groups excluding carboxylic acids is 4. The van der Waals surface area contributed by atoms with Crippen LogP contribution in [0.1, 0.15) is 52.0 Å². The van der Waals surface area contributed by atoms with E-state index in [-0.39, 0.29) is 37.3 Å². The standard InChI is InChI=1S/C27H34F3N5O4/c1-14-12-34(24(39)27(28,29)30)20(25(14,2)3)21(36)32-18(10-15-8-9-15)22(37)35-13-26(11-19(35)31)16-6-4-5-7-17(16)33-23(26)38/h4-7,14-15,18-20H,8-13,31H2,1-3H3,(H,32,36)(H,33,38)/t14-,18+,19+,20-,26+/m1/s1. The number of rotatable bonds is 5. The second-order valence-corrected chi connectivity index (χ2v) is 12.1. The van der Waals surface area contributed by atoms with Gasteiger partial charge >= 0.3 is 12.1 Å². The highest BCUT2D eigenvalue weighted by Gasteiger charge is 2.58. The van der Waals surface area contributed by atoms with Crippen LogP contribution >= 0.6 is 0 Å². The molecule has 9 nitrogen and oxygen atoms in total. The van der Waals surface area contributed by atoms with Crippen molar-refractivity contribution in [2.45, 2.75) is 76.3 Å². The van der Waals surface area contributed by atoms with Gasteiger partial charge in [0.1, 0.15) is 12.1 Å². The zero-order valence-corrected chi connectivity index (χ0v) is 22.2. The molecular formula is C27H34F3N5O4. The number of hydrogen-bond donors (Lipinski definition) is 3. The fourth-order valence-corrected chi connectivity index (χ4v) is 6.42. The van der Waals surface area contributed by atoms with Gasteiger partial charge in [0.15, 0.2) is 0 Å². The average Bonchev–Trinajstić information content (AvgIpc) is 3.48. The molecule has 4 N–H and O–H groups in total. The number of amides is 4. The number of carbonyl (C=O) groups is 4. The van der Waals surface area contributed by atoms with Crippen LogP contribution in [-0.2, 0) is 24.6 Å². The summed E-state index contributed by atoms with van der Waals surface area (Å²) in [5.41, 5.74) is 5.84. The smallest absolute Gasteiger partial charge is 0.342 e. The number of fused-ring (bicyclic) bond motifs is 2. The van der Waals surface area contributed by atoms with E-state index in [4.69, 9.17) is 5.73 Å². The number of halogens is 3. The quantitative estimate of drug-likeness (QED) is 0.519. The highest BCUT2D eigenvalue weighted by atomic mass is 19.4. The number of nitrogens with one attached hydrogen (secondary N) is 2. The number of anilines is 1. The SMILES string of the molecule is C[C@@H]1CN(C(=O)C(F)(F)F)[C@H](C(=O)N[C@@H](CC2CC2)C(=O)N2C[C@]3(C[C@H]2N)C(=O)Nc2ccccc23)C1(C)C. The Labute approximate surface area is 224 Å². The fourth-order valence-electron chi connectivity index (χ4n) is 6.42. The third-order valence-electron chi connectivity index (χ3n) is 9.20. The normalized spacial score (nSPS) is 30.3. The average molecular weight is 550 g/mol. The van der Waals surface area contributed by atoms with E-state index in [9.17, 15) is 32.3 Å². The van der Waals surface area contributed by atoms with Gasteiger partial charge in [-0.15, -0.1) is 0 Å². The molecule has 39 heavy (non-hydrogen) atoms. The Hall–Kier alpha value is -3.15. The van der Waals surface area contributed by atoms with E-state index in [2.05, 4.69) is 10.6 Å². The monoisotopic (exact) mass is 549 g/mol. The van der Waals surface area contributed by atoms with Crippen molar-refractivity contribution in [1.82, 2.24) is 15.1 Å². The first-order valence-corrected chi connectivity index (χ1v) is 13.3. The molecule has 2 saturated heterocycles. The lowest BCUT2D eigenvalue weighted by Gasteiger charge is -2.35. The van der Waals surface area contributed by atoms with E-state index in [0.717, 1.165) is 18.4 Å².